The van der Waals surface area contributed by atoms with Gasteiger partial charge in [-0.1, -0.05) is 37.0 Å². The minimum absolute atomic E-state index is 0.238. The van der Waals surface area contributed by atoms with Crippen molar-refractivity contribution >= 4 is 35.1 Å². The van der Waals surface area contributed by atoms with Crippen molar-refractivity contribution in [2.24, 2.45) is 5.92 Å². The molecule has 1 aromatic rings. The van der Waals surface area contributed by atoms with Crippen molar-refractivity contribution in [1.82, 2.24) is 5.32 Å². The highest BCUT2D eigenvalue weighted by Crippen LogP contribution is 2.28. The zero-order chi connectivity index (χ0) is 16.2. The summed E-state index contributed by atoms with van der Waals surface area (Å²) >= 11 is 11.7. The van der Waals surface area contributed by atoms with Crippen LogP contribution in [0.4, 0.5) is 0 Å². The lowest BCUT2D eigenvalue weighted by Gasteiger charge is -2.21. The second-order valence-electron chi connectivity index (χ2n) is 4.90. The van der Waals surface area contributed by atoms with Gasteiger partial charge in [0.05, 0.1) is 5.02 Å². The van der Waals surface area contributed by atoms with Gasteiger partial charge in [0.1, 0.15) is 11.8 Å². The number of carboxylic acids is 1. The molecule has 0 bridgehead atoms. The highest BCUT2D eigenvalue weighted by atomic mass is 35.5. The summed E-state index contributed by atoms with van der Waals surface area (Å²) in [5, 5.41) is 12.2. The molecule has 0 aromatic heterocycles. The molecule has 0 radical (unpaired) electrons. The largest absolute Gasteiger partial charge is 0.480 e. The van der Waals surface area contributed by atoms with Gasteiger partial charge < -0.3 is 15.2 Å². The van der Waals surface area contributed by atoms with E-state index in [9.17, 15) is 9.59 Å². The van der Waals surface area contributed by atoms with Gasteiger partial charge in [0.25, 0.3) is 5.91 Å². The molecule has 0 aliphatic heterocycles. The van der Waals surface area contributed by atoms with Crippen LogP contribution in [0.1, 0.15) is 20.8 Å². The molecule has 7 heteroatoms. The Bertz CT molecular complexity index is 534. The van der Waals surface area contributed by atoms with E-state index in [1.807, 2.05) is 0 Å². The minimum Gasteiger partial charge on any atom is -0.480 e. The van der Waals surface area contributed by atoms with Crippen molar-refractivity contribution in [1.29, 1.82) is 0 Å². The van der Waals surface area contributed by atoms with Crippen LogP contribution in [-0.4, -0.2) is 29.1 Å². The van der Waals surface area contributed by atoms with Gasteiger partial charge in [0.2, 0.25) is 0 Å². The van der Waals surface area contributed by atoms with Gasteiger partial charge in [-0.3, -0.25) is 4.79 Å². The molecule has 5 nitrogen and oxygen atoms in total. The second-order valence-corrected chi connectivity index (χ2v) is 5.75. The standard InChI is InChI=1S/C14H17Cl2NO4/c1-7(2)12(14(19)20)17-13(18)8(3)21-11-5-4-9(15)6-10(11)16/h4-8,12H,1-3H3,(H,17,18)(H,19,20)/t8?,12-/m1/s1. The lowest BCUT2D eigenvalue weighted by Crippen LogP contribution is -2.48. The number of amides is 1. The Labute approximate surface area is 133 Å². The van der Waals surface area contributed by atoms with E-state index in [0.29, 0.717) is 10.8 Å². The highest BCUT2D eigenvalue weighted by Gasteiger charge is 2.26. The molecule has 0 fully saturated rings. The molecule has 1 aromatic carbocycles. The maximum absolute atomic E-state index is 12.0. The molecule has 0 heterocycles. The zero-order valence-electron chi connectivity index (χ0n) is 11.9. The maximum atomic E-state index is 12.0. The first kappa shape index (κ1) is 17.6. The Morgan fingerprint density at radius 1 is 1.24 bits per heavy atom. The molecule has 0 saturated heterocycles. The lowest BCUT2D eigenvalue weighted by molar-refractivity contribution is -0.144. The Hall–Kier alpha value is -1.46. The number of carbonyl (C=O) groups is 2. The van der Waals surface area contributed by atoms with Crippen molar-refractivity contribution < 1.29 is 19.4 Å². The van der Waals surface area contributed by atoms with Crippen LogP contribution >= 0.6 is 23.2 Å². The van der Waals surface area contributed by atoms with Crippen LogP contribution in [0.15, 0.2) is 18.2 Å². The second kappa shape index (κ2) is 7.52. The summed E-state index contributed by atoms with van der Waals surface area (Å²) in [6.07, 6.45) is -0.885. The predicted molar refractivity (Wildman–Crippen MR) is 81.0 cm³/mol. The van der Waals surface area contributed by atoms with Crippen molar-refractivity contribution in [3.63, 3.8) is 0 Å². The van der Waals surface area contributed by atoms with E-state index in [1.165, 1.54) is 13.0 Å². The predicted octanol–water partition coefficient (Wildman–Crippen LogP) is 2.99. The maximum Gasteiger partial charge on any atom is 0.326 e. The van der Waals surface area contributed by atoms with Crippen LogP contribution < -0.4 is 10.1 Å². The molecule has 0 aliphatic carbocycles. The van der Waals surface area contributed by atoms with E-state index in [-0.39, 0.29) is 10.9 Å². The molecular formula is C14H17Cl2NO4. The molecule has 21 heavy (non-hydrogen) atoms. The van der Waals surface area contributed by atoms with Crippen molar-refractivity contribution in [2.75, 3.05) is 0 Å². The number of hydrogen-bond donors (Lipinski definition) is 2. The van der Waals surface area contributed by atoms with Gasteiger partial charge in [-0.2, -0.15) is 0 Å². The molecule has 0 spiro atoms. The van der Waals surface area contributed by atoms with Gasteiger partial charge in [-0.15, -0.1) is 0 Å². The monoisotopic (exact) mass is 333 g/mol. The number of benzene rings is 1. The fraction of sp³-hybridized carbons (Fsp3) is 0.429. The Kier molecular flexibility index (Phi) is 6.30. The Morgan fingerprint density at radius 3 is 2.33 bits per heavy atom. The molecule has 2 atom stereocenters. The first-order valence-electron chi connectivity index (χ1n) is 6.37. The third kappa shape index (κ3) is 5.10. The van der Waals surface area contributed by atoms with Crippen LogP contribution in [0.3, 0.4) is 0 Å². The van der Waals surface area contributed by atoms with Crippen LogP contribution in [0.25, 0.3) is 0 Å². The lowest BCUT2D eigenvalue weighted by atomic mass is 10.0. The number of aliphatic carboxylic acids is 1. The molecule has 116 valence electrons. The van der Waals surface area contributed by atoms with Crippen LogP contribution in [0, 0.1) is 5.92 Å². The van der Waals surface area contributed by atoms with E-state index in [0.717, 1.165) is 0 Å². The van der Waals surface area contributed by atoms with Crippen LogP contribution in [0.5, 0.6) is 5.75 Å². The first-order chi connectivity index (χ1) is 9.72. The van der Waals surface area contributed by atoms with Crippen LogP contribution in [0.2, 0.25) is 10.0 Å². The summed E-state index contributed by atoms with van der Waals surface area (Å²) in [7, 11) is 0. The molecule has 0 saturated carbocycles. The number of carbonyl (C=O) groups excluding carboxylic acids is 1. The van der Waals surface area contributed by atoms with E-state index < -0.39 is 24.0 Å². The van der Waals surface area contributed by atoms with Crippen LogP contribution in [-0.2, 0) is 9.59 Å². The van der Waals surface area contributed by atoms with Gasteiger partial charge >= 0.3 is 5.97 Å². The molecule has 1 unspecified atom stereocenters. The van der Waals surface area contributed by atoms with Gasteiger partial charge in [0.15, 0.2) is 6.10 Å². The highest BCUT2D eigenvalue weighted by molar-refractivity contribution is 6.35. The van der Waals surface area contributed by atoms with E-state index in [4.69, 9.17) is 33.0 Å². The summed E-state index contributed by atoms with van der Waals surface area (Å²) in [5.41, 5.74) is 0. The van der Waals surface area contributed by atoms with Gasteiger partial charge in [0, 0.05) is 5.02 Å². The number of rotatable bonds is 6. The van der Waals surface area contributed by atoms with Crippen molar-refractivity contribution in [2.45, 2.75) is 32.9 Å². The summed E-state index contributed by atoms with van der Waals surface area (Å²) in [5.74, 6) is -1.55. The Balaban J connectivity index is 2.72. The van der Waals surface area contributed by atoms with E-state index in [1.54, 1.807) is 26.0 Å². The Morgan fingerprint density at radius 2 is 1.86 bits per heavy atom. The van der Waals surface area contributed by atoms with Gasteiger partial charge in [-0.25, -0.2) is 4.79 Å². The zero-order valence-corrected chi connectivity index (χ0v) is 13.4. The molecule has 0 aliphatic rings. The normalized spacial score (nSPS) is 13.6. The number of ether oxygens (including phenoxy) is 1. The molecule has 1 amide bonds. The number of nitrogens with one attached hydrogen (secondary N) is 1. The van der Waals surface area contributed by atoms with Crippen molar-refractivity contribution in [3.05, 3.63) is 28.2 Å². The smallest absolute Gasteiger partial charge is 0.326 e. The third-order valence-electron chi connectivity index (χ3n) is 2.80. The average Bonchev–Trinajstić information content (AvgIpc) is 2.37. The van der Waals surface area contributed by atoms with E-state index in [2.05, 4.69) is 5.32 Å². The molecular weight excluding hydrogens is 317 g/mol. The van der Waals surface area contributed by atoms with Crippen molar-refractivity contribution in [3.8, 4) is 5.75 Å². The summed E-state index contributed by atoms with van der Waals surface area (Å²) in [4.78, 5) is 23.0. The fourth-order valence-corrected chi connectivity index (χ4v) is 2.05. The number of carboxylic acid groups (broad SMARTS) is 1. The SMILES string of the molecule is CC(Oc1ccc(Cl)cc1Cl)C(=O)N[C@@H](C(=O)O)C(C)C. The topological polar surface area (TPSA) is 75.6 Å². The van der Waals surface area contributed by atoms with Gasteiger partial charge in [-0.05, 0) is 31.0 Å². The third-order valence-corrected chi connectivity index (χ3v) is 3.33. The summed E-state index contributed by atoms with van der Waals surface area (Å²) < 4.78 is 5.43. The quantitative estimate of drug-likeness (QED) is 0.839. The molecule has 1 rings (SSSR count). The average molecular weight is 334 g/mol. The first-order valence-corrected chi connectivity index (χ1v) is 7.13. The molecule has 2 N–H and O–H groups in total. The summed E-state index contributed by atoms with van der Waals surface area (Å²) in [6, 6.07) is 3.66. The number of halogens is 2. The fourth-order valence-electron chi connectivity index (χ4n) is 1.60. The summed E-state index contributed by atoms with van der Waals surface area (Å²) in [6.45, 7) is 4.93. The van der Waals surface area contributed by atoms with E-state index >= 15 is 0 Å². The minimum atomic E-state index is -1.09. The number of hydrogen-bond acceptors (Lipinski definition) is 3.